The minimum atomic E-state index is -0.238. The molecule has 4 rings (SSSR count). The molecule has 0 bridgehead atoms. The van der Waals surface area contributed by atoms with E-state index in [1.165, 1.54) is 38.9 Å². The number of rotatable bonds is 5. The summed E-state index contributed by atoms with van der Waals surface area (Å²) in [5.41, 5.74) is 14.0. The van der Waals surface area contributed by atoms with Gasteiger partial charge in [-0.25, -0.2) is 0 Å². The average Bonchev–Trinajstić information content (AvgIpc) is 3.08. The second-order valence-corrected chi connectivity index (χ2v) is 9.03. The van der Waals surface area contributed by atoms with E-state index >= 15 is 0 Å². The number of nitrogens with two attached hydrogens (primary N) is 1. The highest BCUT2D eigenvalue weighted by molar-refractivity contribution is 5.92. The zero-order valence-corrected chi connectivity index (χ0v) is 18.5. The highest BCUT2D eigenvalue weighted by Crippen LogP contribution is 2.39. The lowest BCUT2D eigenvalue weighted by molar-refractivity contribution is -0.119. The van der Waals surface area contributed by atoms with Crippen molar-refractivity contribution < 1.29 is 4.79 Å². The topological polar surface area (TPSA) is 75.0 Å². The van der Waals surface area contributed by atoms with Crippen LogP contribution in [0.4, 0.5) is 0 Å². The van der Waals surface area contributed by atoms with E-state index in [1.807, 2.05) is 13.1 Å². The van der Waals surface area contributed by atoms with E-state index in [0.29, 0.717) is 18.4 Å². The van der Waals surface area contributed by atoms with Gasteiger partial charge in [-0.1, -0.05) is 19.9 Å². The number of carbonyl (C=O) groups excluding carboxylic acids is 1. The molecular weight excluding hydrogens is 372 g/mol. The van der Waals surface area contributed by atoms with Crippen LogP contribution < -0.4 is 5.73 Å². The summed E-state index contributed by atoms with van der Waals surface area (Å²) in [7, 11) is 0. The lowest BCUT2D eigenvalue weighted by Crippen LogP contribution is -2.39. The third-order valence-corrected chi connectivity index (χ3v) is 6.39. The molecule has 0 unspecified atom stereocenters. The summed E-state index contributed by atoms with van der Waals surface area (Å²) in [4.78, 5) is 21.5. The molecule has 3 heterocycles. The highest BCUT2D eigenvalue weighted by atomic mass is 16.1. The fourth-order valence-electron chi connectivity index (χ4n) is 4.84. The monoisotopic (exact) mass is 404 g/mol. The normalized spacial score (nSPS) is 15.9. The van der Waals surface area contributed by atoms with E-state index in [4.69, 9.17) is 5.73 Å². The summed E-state index contributed by atoms with van der Waals surface area (Å²) in [6, 6.07) is 9.08. The number of likely N-dealkylation sites (tertiary alicyclic amines) is 1. The van der Waals surface area contributed by atoms with Crippen molar-refractivity contribution in [3.05, 3.63) is 52.8 Å². The van der Waals surface area contributed by atoms with Gasteiger partial charge in [-0.2, -0.15) is 0 Å². The number of hydrogen-bond acceptors (Lipinski definition) is 3. The maximum Gasteiger partial charge on any atom is 0.231 e. The van der Waals surface area contributed by atoms with Crippen LogP contribution in [0.25, 0.3) is 22.2 Å². The number of aromatic amines is 1. The number of benzene rings is 1. The molecule has 2 aromatic heterocycles. The van der Waals surface area contributed by atoms with Crippen LogP contribution in [-0.2, 0) is 4.79 Å². The predicted octanol–water partition coefficient (Wildman–Crippen LogP) is 4.63. The van der Waals surface area contributed by atoms with Crippen LogP contribution in [0.2, 0.25) is 0 Å². The van der Waals surface area contributed by atoms with Crippen LogP contribution >= 0.6 is 0 Å². The van der Waals surface area contributed by atoms with Crippen molar-refractivity contribution in [2.45, 2.75) is 52.4 Å². The van der Waals surface area contributed by atoms with Gasteiger partial charge >= 0.3 is 0 Å². The Bertz CT molecular complexity index is 1070. The van der Waals surface area contributed by atoms with Crippen LogP contribution in [0.15, 0.2) is 30.5 Å². The van der Waals surface area contributed by atoms with Crippen molar-refractivity contribution in [3.8, 4) is 11.3 Å². The molecule has 1 aliphatic heterocycles. The smallest absolute Gasteiger partial charge is 0.231 e. The van der Waals surface area contributed by atoms with Crippen LogP contribution in [0.5, 0.6) is 0 Å². The first-order chi connectivity index (χ1) is 14.3. The summed E-state index contributed by atoms with van der Waals surface area (Å²) < 4.78 is 0. The molecule has 30 heavy (non-hydrogen) atoms. The van der Waals surface area contributed by atoms with Gasteiger partial charge in [-0.15, -0.1) is 0 Å². The quantitative estimate of drug-likeness (QED) is 0.651. The van der Waals surface area contributed by atoms with E-state index in [1.54, 1.807) is 0 Å². The maximum atomic E-state index is 11.2. The number of aromatic nitrogens is 2. The first kappa shape index (κ1) is 20.6. The first-order valence-electron chi connectivity index (χ1n) is 10.9. The third kappa shape index (κ3) is 3.99. The van der Waals surface area contributed by atoms with E-state index in [2.05, 4.69) is 59.9 Å². The molecule has 3 N–H and O–H groups in total. The number of nitrogens with one attached hydrogen (secondary N) is 1. The van der Waals surface area contributed by atoms with Gasteiger partial charge in [-0.05, 0) is 86.5 Å². The van der Waals surface area contributed by atoms with Crippen LogP contribution in [-0.4, -0.2) is 40.4 Å². The van der Waals surface area contributed by atoms with Gasteiger partial charge in [0.1, 0.15) is 0 Å². The van der Waals surface area contributed by atoms with Crippen LogP contribution in [0, 0.1) is 13.8 Å². The summed E-state index contributed by atoms with van der Waals surface area (Å²) >= 11 is 0. The van der Waals surface area contributed by atoms with Crippen molar-refractivity contribution in [1.82, 2.24) is 14.9 Å². The second-order valence-electron chi connectivity index (χ2n) is 9.03. The van der Waals surface area contributed by atoms with Gasteiger partial charge < -0.3 is 10.7 Å². The first-order valence-corrected chi connectivity index (χ1v) is 10.9. The lowest BCUT2D eigenvalue weighted by Gasteiger charge is -2.31. The summed E-state index contributed by atoms with van der Waals surface area (Å²) in [5.74, 6) is 0.703. The number of primary amides is 1. The van der Waals surface area contributed by atoms with Gasteiger partial charge in [0.15, 0.2) is 0 Å². The Morgan fingerprint density at radius 1 is 1.23 bits per heavy atom. The highest BCUT2D eigenvalue weighted by Gasteiger charge is 2.23. The molecule has 0 atom stereocenters. The molecule has 5 heteroatoms. The average molecular weight is 405 g/mol. The Labute approximate surface area is 178 Å². The van der Waals surface area contributed by atoms with Crippen molar-refractivity contribution in [2.75, 3.05) is 19.6 Å². The fraction of sp³-hybridized carbons (Fsp3) is 0.440. The Hall–Kier alpha value is -2.66. The van der Waals surface area contributed by atoms with Gasteiger partial charge in [-0.3, -0.25) is 14.7 Å². The zero-order chi connectivity index (χ0) is 21.4. The fourth-order valence-corrected chi connectivity index (χ4v) is 4.84. The number of pyridine rings is 1. The Morgan fingerprint density at radius 2 is 1.97 bits per heavy atom. The molecule has 0 spiro atoms. The number of piperidine rings is 1. The van der Waals surface area contributed by atoms with Gasteiger partial charge in [0, 0.05) is 28.4 Å². The maximum absolute atomic E-state index is 11.2. The molecule has 1 aromatic carbocycles. The molecular formula is C25H32N4O. The number of hydrogen-bond donors (Lipinski definition) is 2. The van der Waals surface area contributed by atoms with Crippen molar-refractivity contribution >= 4 is 16.8 Å². The number of H-pyrrole nitrogens is 1. The molecule has 1 fully saturated rings. The number of aryl methyl sites for hydroxylation is 2. The summed E-state index contributed by atoms with van der Waals surface area (Å²) in [6.45, 7) is 10.9. The van der Waals surface area contributed by atoms with E-state index < -0.39 is 0 Å². The Morgan fingerprint density at radius 3 is 2.63 bits per heavy atom. The molecule has 1 amide bonds. The molecule has 0 radical (unpaired) electrons. The molecule has 0 saturated carbocycles. The van der Waals surface area contributed by atoms with E-state index in [9.17, 15) is 4.79 Å². The second kappa shape index (κ2) is 8.23. The third-order valence-electron chi connectivity index (χ3n) is 6.39. The number of fused-ring (bicyclic) bond motifs is 1. The summed E-state index contributed by atoms with van der Waals surface area (Å²) in [6.07, 6.45) is 4.09. The molecule has 1 saturated heterocycles. The molecule has 1 aliphatic rings. The predicted molar refractivity (Wildman–Crippen MR) is 123 cm³/mol. The largest absolute Gasteiger partial charge is 0.369 e. The zero-order valence-electron chi connectivity index (χ0n) is 18.5. The SMILES string of the molecule is Cc1cc(-c2[nH]c3ccc(C4CCN(CC(N)=O)CC4)cc3c2C(C)C)c(C)cn1. The Balaban J connectivity index is 1.70. The minimum Gasteiger partial charge on any atom is -0.369 e. The van der Waals surface area contributed by atoms with Crippen molar-refractivity contribution in [1.29, 1.82) is 0 Å². The van der Waals surface area contributed by atoms with E-state index in [0.717, 1.165) is 31.6 Å². The Kier molecular flexibility index (Phi) is 5.65. The van der Waals surface area contributed by atoms with Crippen LogP contribution in [0.1, 0.15) is 60.9 Å². The van der Waals surface area contributed by atoms with Crippen molar-refractivity contribution in [3.63, 3.8) is 0 Å². The minimum absolute atomic E-state index is 0.238. The summed E-state index contributed by atoms with van der Waals surface area (Å²) in [5, 5.41) is 1.32. The standard InChI is InChI=1S/C25H32N4O/c1-15(2)24-21-12-19(18-7-9-29(10-8-18)14-23(26)30)5-6-22(21)28-25(24)20-11-17(4)27-13-16(20)3/h5-6,11-13,15,18,28H,7-10,14H2,1-4H3,(H2,26,30). The lowest BCUT2D eigenvalue weighted by atomic mass is 9.87. The van der Waals surface area contributed by atoms with Gasteiger partial charge in [0.05, 0.1) is 12.2 Å². The molecule has 5 nitrogen and oxygen atoms in total. The number of nitrogens with zero attached hydrogens (tertiary/aromatic N) is 2. The molecule has 0 aliphatic carbocycles. The van der Waals surface area contributed by atoms with Gasteiger partial charge in [0.2, 0.25) is 5.91 Å². The molecule has 158 valence electrons. The van der Waals surface area contributed by atoms with E-state index in [-0.39, 0.29) is 5.91 Å². The number of carbonyl (C=O) groups is 1. The number of amides is 1. The van der Waals surface area contributed by atoms with Gasteiger partial charge in [0.25, 0.3) is 0 Å². The molecule has 3 aromatic rings. The van der Waals surface area contributed by atoms with Crippen LogP contribution in [0.3, 0.4) is 0 Å². The van der Waals surface area contributed by atoms with Crippen molar-refractivity contribution in [2.24, 2.45) is 5.73 Å².